The average Bonchev–Trinajstić information content (AvgIpc) is 3.14. The fourth-order valence-corrected chi connectivity index (χ4v) is 5.77. The van der Waals surface area contributed by atoms with Crippen LogP contribution in [-0.4, -0.2) is 8.42 Å². The summed E-state index contributed by atoms with van der Waals surface area (Å²) in [5.74, 6) is 0.614. The Kier molecular flexibility index (Phi) is 6.11. The van der Waals surface area contributed by atoms with Gasteiger partial charge in [-0.15, -0.1) is 0 Å². The molecule has 0 bridgehead atoms. The third kappa shape index (κ3) is 4.52. The van der Waals surface area contributed by atoms with Gasteiger partial charge < -0.3 is 4.74 Å². The summed E-state index contributed by atoms with van der Waals surface area (Å²) in [4.78, 5) is 0. The Morgan fingerprint density at radius 3 is 2.50 bits per heavy atom. The molecule has 1 heterocycles. The van der Waals surface area contributed by atoms with Gasteiger partial charge in [0, 0.05) is 6.54 Å². The Balaban J connectivity index is 1.52. The largest absolute Gasteiger partial charge is 0.445 e. The number of benzene rings is 3. The van der Waals surface area contributed by atoms with Gasteiger partial charge in [-0.05, 0) is 46.5 Å². The van der Waals surface area contributed by atoms with Crippen LogP contribution >= 0.6 is 22.9 Å². The smallest absolute Gasteiger partial charge is 0.250 e. The first kappa shape index (κ1) is 20.9. The molecule has 3 aromatic carbocycles. The summed E-state index contributed by atoms with van der Waals surface area (Å²) in [7, 11) is -3.73. The minimum absolute atomic E-state index is 0.118. The van der Waals surface area contributed by atoms with Gasteiger partial charge in [-0.3, -0.25) is 0 Å². The Labute approximate surface area is 185 Å². The minimum Gasteiger partial charge on any atom is -0.445 e. The number of aryl methyl sites for hydroxylation is 1. The molecule has 4 rings (SSSR count). The number of rotatable bonds is 7. The maximum absolute atomic E-state index is 12.8. The lowest BCUT2D eigenvalue weighted by Gasteiger charge is -2.08. The van der Waals surface area contributed by atoms with Crippen molar-refractivity contribution in [2.24, 2.45) is 0 Å². The molecule has 0 spiro atoms. The van der Waals surface area contributed by atoms with Gasteiger partial charge in [0.25, 0.3) is 10.0 Å². The lowest BCUT2D eigenvalue weighted by Crippen LogP contribution is -2.22. The molecule has 4 nitrogen and oxygen atoms in total. The van der Waals surface area contributed by atoms with Crippen LogP contribution in [0.1, 0.15) is 18.1 Å². The van der Waals surface area contributed by atoms with E-state index in [2.05, 4.69) is 11.6 Å². The van der Waals surface area contributed by atoms with Gasteiger partial charge in [-0.25, -0.2) is 13.1 Å². The lowest BCUT2D eigenvalue weighted by molar-refractivity contribution is 0.496. The molecule has 154 valence electrons. The molecule has 0 saturated heterocycles. The first-order valence-electron chi connectivity index (χ1n) is 9.48. The monoisotopic (exact) mass is 457 g/mol. The minimum atomic E-state index is -3.73. The molecule has 30 heavy (non-hydrogen) atoms. The number of thiophene rings is 1. The van der Waals surface area contributed by atoms with E-state index < -0.39 is 10.0 Å². The van der Waals surface area contributed by atoms with Gasteiger partial charge in [0.1, 0.15) is 9.96 Å². The summed E-state index contributed by atoms with van der Waals surface area (Å²) in [6.45, 7) is 2.27. The Bertz CT molecular complexity index is 1280. The number of hydrogen-bond donors (Lipinski definition) is 1. The highest BCUT2D eigenvalue weighted by Gasteiger charge is 2.21. The zero-order valence-corrected chi connectivity index (χ0v) is 18.7. The van der Waals surface area contributed by atoms with Crippen molar-refractivity contribution >= 4 is 43.7 Å². The number of fused-ring (bicyclic) bond motifs is 1. The van der Waals surface area contributed by atoms with Gasteiger partial charge >= 0.3 is 0 Å². The van der Waals surface area contributed by atoms with Crippen molar-refractivity contribution in [1.82, 2.24) is 4.72 Å². The highest BCUT2D eigenvalue weighted by molar-refractivity contribution is 7.91. The number of ether oxygens (including phenoxy) is 1. The topological polar surface area (TPSA) is 55.4 Å². The van der Waals surface area contributed by atoms with Crippen molar-refractivity contribution in [1.29, 1.82) is 0 Å². The van der Waals surface area contributed by atoms with Crippen LogP contribution < -0.4 is 9.46 Å². The highest BCUT2D eigenvalue weighted by atomic mass is 35.5. The standard InChI is InChI=1S/C23H20ClNO3S2/c1-2-16-10-12-19(13-11-16)28-23-21(24)14-22(29-23)30(26,27)25-15-18-8-5-7-17-6-3-4-9-20(17)18/h3-14,25H,2,15H2,1H3. The predicted molar refractivity (Wildman–Crippen MR) is 123 cm³/mol. The predicted octanol–water partition coefficient (Wildman–Crippen LogP) is 6.39. The third-order valence-electron chi connectivity index (χ3n) is 4.77. The van der Waals surface area contributed by atoms with E-state index in [1.165, 1.54) is 11.6 Å². The fraction of sp³-hybridized carbons (Fsp3) is 0.130. The molecule has 0 fully saturated rings. The van der Waals surface area contributed by atoms with Gasteiger partial charge in [0.05, 0.1) is 5.02 Å². The average molecular weight is 458 g/mol. The Morgan fingerprint density at radius 1 is 1.00 bits per heavy atom. The first-order chi connectivity index (χ1) is 14.5. The molecule has 0 radical (unpaired) electrons. The van der Waals surface area contributed by atoms with Crippen molar-refractivity contribution in [3.8, 4) is 10.8 Å². The summed E-state index contributed by atoms with van der Waals surface area (Å²) in [5, 5.41) is 2.71. The zero-order chi connectivity index (χ0) is 21.1. The van der Waals surface area contributed by atoms with E-state index in [9.17, 15) is 8.42 Å². The van der Waals surface area contributed by atoms with Gasteiger partial charge in [-0.2, -0.15) is 0 Å². The summed E-state index contributed by atoms with van der Waals surface area (Å²) >= 11 is 7.25. The van der Waals surface area contributed by atoms with E-state index in [1.807, 2.05) is 66.7 Å². The number of halogens is 1. The number of hydrogen-bond acceptors (Lipinski definition) is 4. The molecule has 0 amide bonds. The number of sulfonamides is 1. The molecule has 0 unspecified atom stereocenters. The van der Waals surface area contributed by atoms with Crippen molar-refractivity contribution in [3.05, 3.63) is 88.9 Å². The van der Waals surface area contributed by atoms with Gasteiger partial charge in [-0.1, -0.05) is 84.5 Å². The van der Waals surface area contributed by atoms with Crippen molar-refractivity contribution < 1.29 is 13.2 Å². The van der Waals surface area contributed by atoms with Crippen LogP contribution in [0.25, 0.3) is 10.8 Å². The van der Waals surface area contributed by atoms with E-state index in [0.717, 1.165) is 34.1 Å². The molecule has 7 heteroatoms. The van der Waals surface area contributed by atoms with Crippen LogP contribution in [0.5, 0.6) is 10.8 Å². The molecule has 0 aliphatic carbocycles. The van der Waals surface area contributed by atoms with E-state index >= 15 is 0 Å². The van der Waals surface area contributed by atoms with Crippen molar-refractivity contribution in [3.63, 3.8) is 0 Å². The fourth-order valence-electron chi connectivity index (χ4n) is 3.12. The van der Waals surface area contributed by atoms with Gasteiger partial charge in [0.15, 0.2) is 0 Å². The second-order valence-corrected chi connectivity index (χ2v) is 10.2. The molecule has 4 aromatic rings. The Morgan fingerprint density at radius 2 is 1.73 bits per heavy atom. The summed E-state index contributed by atoms with van der Waals surface area (Å²) in [6.07, 6.45) is 0.935. The molecular weight excluding hydrogens is 438 g/mol. The molecule has 0 saturated carbocycles. The van der Waals surface area contributed by atoms with Crippen LogP contribution in [0.3, 0.4) is 0 Å². The quantitative estimate of drug-likeness (QED) is 0.350. The lowest BCUT2D eigenvalue weighted by atomic mass is 10.1. The number of nitrogens with one attached hydrogen (secondary N) is 1. The van der Waals surface area contributed by atoms with E-state index in [-0.39, 0.29) is 15.8 Å². The maximum atomic E-state index is 12.8. The highest BCUT2D eigenvalue weighted by Crippen LogP contribution is 2.40. The maximum Gasteiger partial charge on any atom is 0.250 e. The van der Waals surface area contributed by atoms with E-state index in [1.54, 1.807) is 0 Å². The van der Waals surface area contributed by atoms with Crippen LogP contribution in [0, 0.1) is 0 Å². The van der Waals surface area contributed by atoms with Crippen LogP contribution in [0.4, 0.5) is 0 Å². The second kappa shape index (κ2) is 8.78. The third-order valence-corrected chi connectivity index (χ3v) is 8.05. The molecule has 1 N–H and O–H groups in total. The van der Waals surface area contributed by atoms with E-state index in [4.69, 9.17) is 16.3 Å². The van der Waals surface area contributed by atoms with Crippen LogP contribution in [0.2, 0.25) is 5.02 Å². The van der Waals surface area contributed by atoms with Gasteiger partial charge in [0.2, 0.25) is 5.06 Å². The summed E-state index contributed by atoms with van der Waals surface area (Å²) in [6, 6.07) is 22.8. The molecule has 0 aliphatic heterocycles. The van der Waals surface area contributed by atoms with Crippen LogP contribution in [0.15, 0.2) is 77.0 Å². The SMILES string of the molecule is CCc1ccc(Oc2sc(S(=O)(=O)NCc3cccc4ccccc34)cc2Cl)cc1. The second-order valence-electron chi connectivity index (χ2n) is 6.76. The normalized spacial score (nSPS) is 11.7. The van der Waals surface area contributed by atoms with Crippen molar-refractivity contribution in [2.75, 3.05) is 0 Å². The zero-order valence-electron chi connectivity index (χ0n) is 16.3. The molecular formula is C23H20ClNO3S2. The van der Waals surface area contributed by atoms with Crippen molar-refractivity contribution in [2.45, 2.75) is 24.1 Å². The van der Waals surface area contributed by atoms with E-state index in [0.29, 0.717) is 10.8 Å². The molecule has 1 aromatic heterocycles. The molecule has 0 atom stereocenters. The van der Waals surface area contributed by atoms with Crippen LogP contribution in [-0.2, 0) is 23.0 Å². The first-order valence-corrected chi connectivity index (χ1v) is 12.2. The summed E-state index contributed by atoms with van der Waals surface area (Å²) < 4.78 is 34.2. The Hall–Kier alpha value is -2.38. The summed E-state index contributed by atoms with van der Waals surface area (Å²) in [5.41, 5.74) is 2.10. The molecule has 0 aliphatic rings.